The molecule has 0 radical (unpaired) electrons. The molecule has 0 heterocycles. The summed E-state index contributed by atoms with van der Waals surface area (Å²) >= 11 is 0. The SMILES string of the molecule is CC(C)=CC=CC(CO)C1CCC2(C)C3CCC4C(C)(C)C(O)CCC45CC35CCC12C. The predicted molar refractivity (Wildman–Crippen MR) is 132 cm³/mol. The molecule has 5 rings (SSSR count). The van der Waals surface area contributed by atoms with E-state index in [4.69, 9.17) is 0 Å². The molecule has 2 N–H and O–H groups in total. The van der Waals surface area contributed by atoms with E-state index in [-0.39, 0.29) is 24.0 Å². The molecular formula is C30H48O2. The average Bonchev–Trinajstić information content (AvgIpc) is 3.32. The van der Waals surface area contributed by atoms with Gasteiger partial charge in [0.05, 0.1) is 6.10 Å². The summed E-state index contributed by atoms with van der Waals surface area (Å²) in [6, 6.07) is 0. The van der Waals surface area contributed by atoms with Crippen LogP contribution >= 0.6 is 0 Å². The number of aliphatic hydroxyl groups excluding tert-OH is 2. The molecule has 5 saturated carbocycles. The molecule has 0 saturated heterocycles. The molecule has 9 unspecified atom stereocenters. The van der Waals surface area contributed by atoms with Crippen LogP contribution < -0.4 is 0 Å². The zero-order chi connectivity index (χ0) is 23.2. The van der Waals surface area contributed by atoms with E-state index in [1.807, 2.05) is 0 Å². The highest BCUT2D eigenvalue weighted by Gasteiger charge is 2.82. The second kappa shape index (κ2) is 7.20. The van der Waals surface area contributed by atoms with Gasteiger partial charge in [-0.05, 0) is 116 Å². The number of hydrogen-bond donors (Lipinski definition) is 2. The zero-order valence-electron chi connectivity index (χ0n) is 21.6. The van der Waals surface area contributed by atoms with Crippen molar-refractivity contribution in [3.8, 4) is 0 Å². The highest BCUT2D eigenvalue weighted by Crippen LogP contribution is 2.89. The van der Waals surface area contributed by atoms with Gasteiger partial charge in [-0.2, -0.15) is 0 Å². The average molecular weight is 441 g/mol. The minimum absolute atomic E-state index is 0.0737. The van der Waals surface area contributed by atoms with E-state index in [0.29, 0.717) is 33.5 Å². The molecule has 0 amide bonds. The molecular weight excluding hydrogens is 392 g/mol. The molecule has 5 aliphatic carbocycles. The summed E-state index contributed by atoms with van der Waals surface area (Å²) in [6.07, 6.45) is 18.3. The van der Waals surface area contributed by atoms with Crippen molar-refractivity contribution in [3.63, 3.8) is 0 Å². The topological polar surface area (TPSA) is 40.5 Å². The fraction of sp³-hybridized carbons (Fsp3) is 0.867. The van der Waals surface area contributed by atoms with E-state index >= 15 is 0 Å². The fourth-order valence-electron chi connectivity index (χ4n) is 10.8. The molecule has 5 fully saturated rings. The van der Waals surface area contributed by atoms with Crippen LogP contribution in [0.15, 0.2) is 23.8 Å². The molecule has 5 aliphatic rings. The van der Waals surface area contributed by atoms with Gasteiger partial charge in [0.1, 0.15) is 0 Å². The third-order valence-corrected chi connectivity index (χ3v) is 12.7. The Balaban J connectivity index is 1.45. The molecule has 2 spiro atoms. The Hall–Kier alpha value is -0.600. The predicted octanol–water partition coefficient (Wildman–Crippen LogP) is 6.92. The maximum absolute atomic E-state index is 10.8. The highest BCUT2D eigenvalue weighted by atomic mass is 16.3. The minimum Gasteiger partial charge on any atom is -0.396 e. The Morgan fingerprint density at radius 3 is 2.25 bits per heavy atom. The van der Waals surface area contributed by atoms with Gasteiger partial charge in [-0.3, -0.25) is 0 Å². The second-order valence-electron chi connectivity index (χ2n) is 14.0. The van der Waals surface area contributed by atoms with Crippen molar-refractivity contribution in [1.29, 1.82) is 0 Å². The first kappa shape index (κ1) is 23.2. The lowest BCUT2D eigenvalue weighted by Crippen LogP contribution is -2.57. The standard InChI is InChI=1S/C30H48O2/c1-20(2)8-7-9-21(18-31)22-12-14-28(6)24-11-10-23-26(3,4)25(32)13-15-29(23)19-30(24,29)17-16-27(22,28)5/h7-9,21-25,31-32H,10-19H2,1-6H3. The van der Waals surface area contributed by atoms with Crippen molar-refractivity contribution >= 4 is 0 Å². The fourth-order valence-corrected chi connectivity index (χ4v) is 10.8. The van der Waals surface area contributed by atoms with Crippen LogP contribution in [0.1, 0.15) is 99.3 Å². The van der Waals surface area contributed by atoms with Crippen molar-refractivity contribution < 1.29 is 10.2 Å². The molecule has 0 aliphatic heterocycles. The molecule has 32 heavy (non-hydrogen) atoms. The number of rotatable bonds is 4. The highest BCUT2D eigenvalue weighted by molar-refractivity contribution is 5.31. The monoisotopic (exact) mass is 440 g/mol. The Morgan fingerprint density at radius 1 is 0.875 bits per heavy atom. The molecule has 2 nitrogen and oxygen atoms in total. The Bertz CT molecular complexity index is 821. The van der Waals surface area contributed by atoms with Crippen molar-refractivity contribution in [2.24, 2.45) is 50.7 Å². The minimum atomic E-state index is -0.120. The zero-order valence-corrected chi connectivity index (χ0v) is 21.6. The lowest BCUT2D eigenvalue weighted by molar-refractivity contribution is -0.161. The molecule has 0 aromatic heterocycles. The summed E-state index contributed by atoms with van der Waals surface area (Å²) in [5, 5.41) is 21.2. The molecule has 9 atom stereocenters. The summed E-state index contributed by atoms with van der Waals surface area (Å²) < 4.78 is 0. The summed E-state index contributed by atoms with van der Waals surface area (Å²) in [6.45, 7) is 14.5. The van der Waals surface area contributed by atoms with Crippen molar-refractivity contribution in [3.05, 3.63) is 23.8 Å². The van der Waals surface area contributed by atoms with Gasteiger partial charge in [0.25, 0.3) is 0 Å². The lowest BCUT2D eigenvalue weighted by atomic mass is 9.42. The Morgan fingerprint density at radius 2 is 1.56 bits per heavy atom. The van der Waals surface area contributed by atoms with E-state index < -0.39 is 0 Å². The molecule has 0 aromatic rings. The van der Waals surface area contributed by atoms with Crippen LogP contribution in [0.5, 0.6) is 0 Å². The Labute approximate surface area is 197 Å². The lowest BCUT2D eigenvalue weighted by Gasteiger charge is -2.63. The second-order valence-corrected chi connectivity index (χ2v) is 14.0. The van der Waals surface area contributed by atoms with E-state index in [2.05, 4.69) is 59.8 Å². The van der Waals surface area contributed by atoms with E-state index in [1.165, 1.54) is 56.9 Å². The summed E-state index contributed by atoms with van der Waals surface area (Å²) in [4.78, 5) is 0. The van der Waals surface area contributed by atoms with E-state index in [1.54, 1.807) is 0 Å². The summed E-state index contributed by atoms with van der Waals surface area (Å²) in [7, 11) is 0. The number of aliphatic hydroxyl groups is 2. The van der Waals surface area contributed by atoms with Crippen molar-refractivity contribution in [2.75, 3.05) is 6.61 Å². The van der Waals surface area contributed by atoms with Gasteiger partial charge < -0.3 is 10.2 Å². The summed E-state index contributed by atoms with van der Waals surface area (Å²) in [5.74, 6) is 2.41. The van der Waals surface area contributed by atoms with Gasteiger partial charge in [0.2, 0.25) is 0 Å². The molecule has 0 bridgehead atoms. The van der Waals surface area contributed by atoms with E-state index in [0.717, 1.165) is 12.3 Å². The molecule has 180 valence electrons. The van der Waals surface area contributed by atoms with Gasteiger partial charge in [-0.15, -0.1) is 0 Å². The smallest absolute Gasteiger partial charge is 0.0594 e. The van der Waals surface area contributed by atoms with Gasteiger partial charge in [0.15, 0.2) is 0 Å². The van der Waals surface area contributed by atoms with Gasteiger partial charge in [0, 0.05) is 12.5 Å². The maximum Gasteiger partial charge on any atom is 0.0594 e. The number of allylic oxidation sites excluding steroid dienone is 3. The van der Waals surface area contributed by atoms with Crippen LogP contribution in [0.4, 0.5) is 0 Å². The third kappa shape index (κ3) is 2.72. The van der Waals surface area contributed by atoms with Crippen LogP contribution in [0.3, 0.4) is 0 Å². The number of hydrogen-bond acceptors (Lipinski definition) is 2. The Kier molecular flexibility index (Phi) is 5.21. The van der Waals surface area contributed by atoms with Gasteiger partial charge in [-0.25, -0.2) is 0 Å². The van der Waals surface area contributed by atoms with Crippen LogP contribution in [0.25, 0.3) is 0 Å². The van der Waals surface area contributed by atoms with Crippen molar-refractivity contribution in [1.82, 2.24) is 0 Å². The summed E-state index contributed by atoms with van der Waals surface area (Å²) in [5.41, 5.74) is 3.17. The van der Waals surface area contributed by atoms with Gasteiger partial charge in [-0.1, -0.05) is 51.5 Å². The largest absolute Gasteiger partial charge is 0.396 e. The maximum atomic E-state index is 10.8. The van der Waals surface area contributed by atoms with Crippen LogP contribution in [-0.4, -0.2) is 22.9 Å². The molecule has 2 heteroatoms. The van der Waals surface area contributed by atoms with Gasteiger partial charge >= 0.3 is 0 Å². The van der Waals surface area contributed by atoms with E-state index in [9.17, 15) is 10.2 Å². The van der Waals surface area contributed by atoms with Crippen LogP contribution in [-0.2, 0) is 0 Å². The quantitative estimate of drug-likeness (QED) is 0.466. The first-order valence-corrected chi connectivity index (χ1v) is 13.6. The third-order valence-electron chi connectivity index (χ3n) is 12.7. The van der Waals surface area contributed by atoms with Crippen molar-refractivity contribution in [2.45, 2.75) is 105 Å². The van der Waals surface area contributed by atoms with Crippen LogP contribution in [0, 0.1) is 50.7 Å². The first-order valence-electron chi connectivity index (χ1n) is 13.6. The normalized spacial score (nSPS) is 51.9. The molecule has 0 aromatic carbocycles. The first-order chi connectivity index (χ1) is 15.0. The van der Waals surface area contributed by atoms with Crippen LogP contribution in [0.2, 0.25) is 0 Å². The number of fused-ring (bicyclic) bond motifs is 2.